The molecule has 0 saturated carbocycles. The van der Waals surface area contributed by atoms with E-state index in [2.05, 4.69) is 17.4 Å². The zero-order valence-electron chi connectivity index (χ0n) is 28.4. The molecule has 3 heterocycles. The second-order valence-corrected chi connectivity index (χ2v) is 13.7. The summed E-state index contributed by atoms with van der Waals surface area (Å²) in [5.74, 6) is -2.67. The highest BCUT2D eigenvalue weighted by Gasteiger charge is 2.36. The largest absolute Gasteiger partial charge is 0.481 e. The van der Waals surface area contributed by atoms with E-state index in [1.165, 1.54) is 0 Å². The van der Waals surface area contributed by atoms with Crippen LogP contribution in [0.2, 0.25) is 0 Å². The molecule has 1 aromatic heterocycles. The summed E-state index contributed by atoms with van der Waals surface area (Å²) in [5, 5.41) is 12.6. The number of carboxylic acids is 1. The average Bonchev–Trinajstić information content (AvgIpc) is 2.98. The summed E-state index contributed by atoms with van der Waals surface area (Å²) in [6.07, 6.45) is 1.62. The van der Waals surface area contributed by atoms with Crippen LogP contribution in [0.3, 0.4) is 0 Å². The highest BCUT2D eigenvalue weighted by Crippen LogP contribution is 2.36. The van der Waals surface area contributed by atoms with Gasteiger partial charge in [0, 0.05) is 24.4 Å². The number of nitrogens with zero attached hydrogens (tertiary/aromatic N) is 2. The van der Waals surface area contributed by atoms with Crippen LogP contribution in [0, 0.1) is 26.6 Å². The lowest BCUT2D eigenvalue weighted by molar-refractivity contribution is -0.139. The second-order valence-electron chi connectivity index (χ2n) is 13.7. The Hall–Kier alpha value is -3.99. The summed E-state index contributed by atoms with van der Waals surface area (Å²) >= 11 is 0. The SMILES string of the molecule is Cc1cc(C)c2c(c1)CCCCCCC[C@H](n1cc(CCN3CCC3)c(C(F)(F)F)cc1=O)C(=O)N[C@@H](CC(=O)O)c1cc-2cc(C)c1F. The Labute approximate surface area is 284 Å². The zero-order chi connectivity index (χ0) is 35.5. The van der Waals surface area contributed by atoms with Crippen LogP contribution >= 0.6 is 0 Å². The third-order valence-corrected chi connectivity index (χ3v) is 9.88. The van der Waals surface area contributed by atoms with E-state index in [1.807, 2.05) is 18.7 Å². The monoisotopic (exact) mass is 683 g/mol. The molecule has 2 aliphatic rings. The van der Waals surface area contributed by atoms with Gasteiger partial charge in [0.1, 0.15) is 11.9 Å². The van der Waals surface area contributed by atoms with Gasteiger partial charge in [0.05, 0.1) is 18.0 Å². The number of carboxylic acid groups (broad SMARTS) is 1. The molecule has 5 rings (SSSR count). The van der Waals surface area contributed by atoms with Crippen molar-refractivity contribution in [2.45, 2.75) is 103 Å². The summed E-state index contributed by atoms with van der Waals surface area (Å²) in [7, 11) is 0. The highest BCUT2D eigenvalue weighted by atomic mass is 19.4. The number of nitrogens with one attached hydrogen (secondary N) is 1. The molecular weight excluding hydrogens is 638 g/mol. The van der Waals surface area contributed by atoms with E-state index < -0.39 is 53.5 Å². The van der Waals surface area contributed by atoms with Crippen molar-refractivity contribution in [3.05, 3.63) is 91.6 Å². The first kappa shape index (κ1) is 36.3. The number of carbonyl (C=O) groups excluding carboxylic acids is 1. The Balaban J connectivity index is 1.60. The lowest BCUT2D eigenvalue weighted by atomic mass is 9.87. The number of halogens is 4. The Morgan fingerprint density at radius 1 is 0.939 bits per heavy atom. The van der Waals surface area contributed by atoms with E-state index in [0.717, 1.165) is 84.6 Å². The molecule has 2 bridgehead atoms. The summed E-state index contributed by atoms with van der Waals surface area (Å²) in [6.45, 7) is 7.58. The molecule has 2 atom stereocenters. The fraction of sp³-hybridized carbons (Fsp3) is 0.500. The molecule has 1 fully saturated rings. The maximum atomic E-state index is 15.9. The zero-order valence-corrected chi connectivity index (χ0v) is 28.4. The number of fused-ring (bicyclic) bond motifs is 4. The number of aliphatic carboxylic acids is 1. The number of aromatic nitrogens is 1. The number of benzene rings is 2. The number of hydrogen-bond acceptors (Lipinski definition) is 4. The van der Waals surface area contributed by atoms with Crippen molar-refractivity contribution in [2.24, 2.45) is 0 Å². The number of aryl methyl sites for hydroxylation is 4. The van der Waals surface area contributed by atoms with Gasteiger partial charge >= 0.3 is 12.1 Å². The first-order chi connectivity index (χ1) is 23.2. The van der Waals surface area contributed by atoms with Gasteiger partial charge in [0.15, 0.2) is 0 Å². The van der Waals surface area contributed by atoms with Crippen molar-refractivity contribution in [3.8, 4) is 11.1 Å². The smallest absolute Gasteiger partial charge is 0.416 e. The van der Waals surface area contributed by atoms with Gasteiger partial charge in [0.25, 0.3) is 5.56 Å². The molecule has 7 nitrogen and oxygen atoms in total. The van der Waals surface area contributed by atoms with Crippen LogP contribution in [0.5, 0.6) is 0 Å². The van der Waals surface area contributed by atoms with Gasteiger partial charge in [0.2, 0.25) is 5.91 Å². The molecule has 0 aliphatic carbocycles. The highest BCUT2D eigenvalue weighted by molar-refractivity contribution is 5.82. The van der Waals surface area contributed by atoms with Crippen LogP contribution in [-0.4, -0.2) is 46.1 Å². The fourth-order valence-electron chi connectivity index (χ4n) is 7.30. The van der Waals surface area contributed by atoms with Crippen LogP contribution in [0.25, 0.3) is 11.1 Å². The van der Waals surface area contributed by atoms with E-state index in [4.69, 9.17) is 0 Å². The Kier molecular flexibility index (Phi) is 11.3. The van der Waals surface area contributed by atoms with Gasteiger partial charge in [-0.1, -0.05) is 43.4 Å². The minimum Gasteiger partial charge on any atom is -0.481 e. The minimum atomic E-state index is -4.76. The van der Waals surface area contributed by atoms with Gasteiger partial charge < -0.3 is 19.9 Å². The number of rotatable bonds is 6. The third kappa shape index (κ3) is 8.60. The number of hydrogen-bond donors (Lipinski definition) is 2. The van der Waals surface area contributed by atoms with E-state index in [1.54, 1.807) is 19.1 Å². The molecule has 49 heavy (non-hydrogen) atoms. The van der Waals surface area contributed by atoms with Crippen LogP contribution < -0.4 is 10.9 Å². The second kappa shape index (κ2) is 15.3. The third-order valence-electron chi connectivity index (χ3n) is 9.88. The van der Waals surface area contributed by atoms with E-state index >= 15 is 4.39 Å². The number of carbonyl (C=O) groups is 2. The first-order valence-electron chi connectivity index (χ1n) is 17.2. The van der Waals surface area contributed by atoms with Gasteiger partial charge in [-0.3, -0.25) is 14.4 Å². The molecule has 11 heteroatoms. The van der Waals surface area contributed by atoms with Crippen LogP contribution in [-0.2, 0) is 28.6 Å². The molecule has 2 aromatic carbocycles. The van der Waals surface area contributed by atoms with Gasteiger partial charge in [-0.05, 0) is 111 Å². The van der Waals surface area contributed by atoms with Crippen molar-refractivity contribution in [2.75, 3.05) is 19.6 Å². The average molecular weight is 684 g/mol. The molecule has 0 unspecified atom stereocenters. The van der Waals surface area contributed by atoms with Crippen LogP contribution in [0.4, 0.5) is 17.6 Å². The molecule has 0 radical (unpaired) electrons. The Bertz CT molecular complexity index is 1760. The Morgan fingerprint density at radius 2 is 1.65 bits per heavy atom. The number of pyridine rings is 1. The van der Waals surface area contributed by atoms with Crippen LogP contribution in [0.1, 0.15) is 102 Å². The summed E-state index contributed by atoms with van der Waals surface area (Å²) in [6, 6.07) is 5.54. The van der Waals surface area contributed by atoms with Gasteiger partial charge in [-0.2, -0.15) is 13.2 Å². The fourth-order valence-corrected chi connectivity index (χ4v) is 7.30. The van der Waals surface area contributed by atoms with Crippen molar-refractivity contribution in [3.63, 3.8) is 0 Å². The van der Waals surface area contributed by atoms with Crippen molar-refractivity contribution >= 4 is 11.9 Å². The minimum absolute atomic E-state index is 0.00229. The standard InChI is InChI=1S/C38H45F4N3O4/c1-23-16-24(2)35-26(17-23)10-7-5-4-6-8-11-32(37(49)43-31(21-34(47)48)29-19-28(35)18-25(3)36(29)39)45-22-27(12-15-44-13-9-14-44)30(20-33(45)46)38(40,41)42/h16-20,22,31-32H,4-15,21H2,1-3H3,(H,43,49)(H,47,48)/t31-,32-/m0/s1. The molecule has 1 amide bonds. The number of alkyl halides is 3. The topological polar surface area (TPSA) is 91.6 Å². The Morgan fingerprint density at radius 3 is 2.33 bits per heavy atom. The molecule has 2 N–H and O–H groups in total. The van der Waals surface area contributed by atoms with Crippen LogP contribution in [0.15, 0.2) is 41.3 Å². The lowest BCUT2D eigenvalue weighted by Gasteiger charge is -2.31. The maximum Gasteiger partial charge on any atom is 0.416 e. The molecule has 264 valence electrons. The summed E-state index contributed by atoms with van der Waals surface area (Å²) in [4.78, 5) is 41.6. The predicted molar refractivity (Wildman–Crippen MR) is 180 cm³/mol. The molecule has 1 saturated heterocycles. The van der Waals surface area contributed by atoms with Gasteiger partial charge in [-0.25, -0.2) is 4.39 Å². The van der Waals surface area contributed by atoms with E-state index in [-0.39, 0.29) is 29.5 Å². The van der Waals surface area contributed by atoms with Gasteiger partial charge in [-0.15, -0.1) is 0 Å². The first-order valence-corrected chi connectivity index (χ1v) is 17.2. The summed E-state index contributed by atoms with van der Waals surface area (Å²) < 4.78 is 59.3. The molecule has 2 aliphatic heterocycles. The van der Waals surface area contributed by atoms with E-state index in [9.17, 15) is 32.7 Å². The van der Waals surface area contributed by atoms with Crippen molar-refractivity contribution in [1.82, 2.24) is 14.8 Å². The molecule has 3 aromatic rings. The predicted octanol–water partition coefficient (Wildman–Crippen LogP) is 7.62. The molecular formula is C38H45F4N3O4. The lowest BCUT2D eigenvalue weighted by Crippen LogP contribution is -2.41. The normalized spacial score (nSPS) is 19.5. The van der Waals surface area contributed by atoms with E-state index in [0.29, 0.717) is 24.6 Å². The maximum absolute atomic E-state index is 15.9. The summed E-state index contributed by atoms with van der Waals surface area (Å²) in [5.41, 5.74) is 3.08. The molecule has 0 spiro atoms. The van der Waals surface area contributed by atoms with Crippen molar-refractivity contribution < 1.29 is 32.3 Å². The number of amides is 1. The quantitative estimate of drug-likeness (QED) is 0.261. The van der Waals surface area contributed by atoms with Crippen molar-refractivity contribution in [1.29, 1.82) is 0 Å². The number of likely N-dealkylation sites (tertiary alicyclic amines) is 1.